The van der Waals surface area contributed by atoms with E-state index in [9.17, 15) is 9.18 Å². The zero-order chi connectivity index (χ0) is 13.8. The third kappa shape index (κ3) is 3.77. The van der Waals surface area contributed by atoms with Crippen LogP contribution in [0.2, 0.25) is 0 Å². The van der Waals surface area contributed by atoms with Gasteiger partial charge in [-0.25, -0.2) is 4.39 Å². The molecule has 2 atom stereocenters. The molecule has 0 radical (unpaired) electrons. The highest BCUT2D eigenvalue weighted by Gasteiger charge is 2.19. The summed E-state index contributed by atoms with van der Waals surface area (Å²) in [6.07, 6.45) is 4.32. The molecule has 1 aliphatic rings. The molecule has 1 fully saturated rings. The third-order valence-corrected chi connectivity index (χ3v) is 3.79. The Kier molecular flexibility index (Phi) is 4.53. The quantitative estimate of drug-likeness (QED) is 0.880. The fraction of sp³-hybridized carbons (Fsp3) is 0.533. The Bertz CT molecular complexity index is 461. The van der Waals surface area contributed by atoms with E-state index in [1.54, 1.807) is 13.0 Å². The van der Waals surface area contributed by atoms with Crippen molar-refractivity contribution in [2.75, 3.05) is 6.54 Å². The second-order valence-electron chi connectivity index (χ2n) is 5.47. The summed E-state index contributed by atoms with van der Waals surface area (Å²) < 4.78 is 13.1. The normalized spacial score (nSPS) is 23.1. The van der Waals surface area contributed by atoms with Gasteiger partial charge in [-0.15, -0.1) is 0 Å². The van der Waals surface area contributed by atoms with E-state index in [0.717, 1.165) is 25.7 Å². The molecule has 2 rings (SSSR count). The zero-order valence-electron chi connectivity index (χ0n) is 11.3. The van der Waals surface area contributed by atoms with Crippen LogP contribution in [-0.4, -0.2) is 18.5 Å². The van der Waals surface area contributed by atoms with Crippen molar-refractivity contribution in [2.24, 2.45) is 11.7 Å². The molecule has 104 valence electrons. The van der Waals surface area contributed by atoms with Crippen LogP contribution in [0.4, 0.5) is 4.39 Å². The molecule has 0 aromatic heterocycles. The number of nitrogens with one attached hydrogen (secondary N) is 1. The molecular weight excluding hydrogens is 243 g/mol. The molecule has 0 spiro atoms. The van der Waals surface area contributed by atoms with Gasteiger partial charge in [-0.2, -0.15) is 0 Å². The average Bonchev–Trinajstić information content (AvgIpc) is 2.39. The van der Waals surface area contributed by atoms with Crippen LogP contribution in [0.25, 0.3) is 0 Å². The standard InChI is InChI=1S/C15H21FN2O/c1-10-7-12(5-6-14(10)16)15(19)18-9-11-3-2-4-13(17)8-11/h5-7,11,13H,2-4,8-9,17H2,1H3,(H,18,19). The van der Waals surface area contributed by atoms with E-state index in [2.05, 4.69) is 5.32 Å². The lowest BCUT2D eigenvalue weighted by Gasteiger charge is -2.26. The Morgan fingerprint density at radius 1 is 1.47 bits per heavy atom. The van der Waals surface area contributed by atoms with E-state index in [4.69, 9.17) is 5.73 Å². The van der Waals surface area contributed by atoms with E-state index in [0.29, 0.717) is 23.6 Å². The highest BCUT2D eigenvalue weighted by atomic mass is 19.1. The Morgan fingerprint density at radius 2 is 2.26 bits per heavy atom. The number of aryl methyl sites for hydroxylation is 1. The highest BCUT2D eigenvalue weighted by molar-refractivity contribution is 5.94. The second-order valence-corrected chi connectivity index (χ2v) is 5.47. The molecule has 1 aliphatic carbocycles. The first-order valence-electron chi connectivity index (χ1n) is 6.86. The van der Waals surface area contributed by atoms with Gasteiger partial charge in [0, 0.05) is 18.2 Å². The van der Waals surface area contributed by atoms with Crippen molar-refractivity contribution in [3.05, 3.63) is 35.1 Å². The maximum Gasteiger partial charge on any atom is 0.251 e. The number of hydrogen-bond acceptors (Lipinski definition) is 2. The lowest BCUT2D eigenvalue weighted by atomic mass is 9.86. The van der Waals surface area contributed by atoms with E-state index < -0.39 is 0 Å². The van der Waals surface area contributed by atoms with Gasteiger partial charge in [0.2, 0.25) is 0 Å². The molecule has 0 bridgehead atoms. The Hall–Kier alpha value is -1.42. The number of nitrogens with two attached hydrogens (primary N) is 1. The lowest BCUT2D eigenvalue weighted by Crippen LogP contribution is -2.35. The minimum absolute atomic E-state index is 0.137. The Balaban J connectivity index is 1.88. The predicted octanol–water partition coefficient (Wildman–Crippen LogP) is 2.38. The van der Waals surface area contributed by atoms with Crippen LogP contribution in [0.15, 0.2) is 18.2 Å². The minimum atomic E-state index is -0.283. The zero-order valence-corrected chi connectivity index (χ0v) is 11.3. The fourth-order valence-corrected chi connectivity index (χ4v) is 2.64. The molecule has 1 aromatic rings. The van der Waals surface area contributed by atoms with E-state index in [1.165, 1.54) is 12.1 Å². The van der Waals surface area contributed by atoms with Crippen LogP contribution in [0, 0.1) is 18.7 Å². The Labute approximate surface area is 113 Å². The van der Waals surface area contributed by atoms with Crippen molar-refractivity contribution in [3.63, 3.8) is 0 Å². The molecule has 19 heavy (non-hydrogen) atoms. The second kappa shape index (κ2) is 6.15. The van der Waals surface area contributed by atoms with Crippen LogP contribution in [0.3, 0.4) is 0 Å². The van der Waals surface area contributed by atoms with Crippen molar-refractivity contribution in [1.29, 1.82) is 0 Å². The highest BCUT2D eigenvalue weighted by Crippen LogP contribution is 2.22. The molecule has 2 unspecified atom stereocenters. The monoisotopic (exact) mass is 264 g/mol. The van der Waals surface area contributed by atoms with Crippen LogP contribution in [0.5, 0.6) is 0 Å². The molecule has 4 heteroatoms. The molecule has 0 heterocycles. The molecule has 0 saturated heterocycles. The summed E-state index contributed by atoms with van der Waals surface area (Å²) in [5.74, 6) is 0.0475. The van der Waals surface area contributed by atoms with Gasteiger partial charge < -0.3 is 11.1 Å². The largest absolute Gasteiger partial charge is 0.352 e. The Morgan fingerprint density at radius 3 is 2.95 bits per heavy atom. The number of amides is 1. The lowest BCUT2D eigenvalue weighted by molar-refractivity contribution is 0.0942. The first-order valence-corrected chi connectivity index (χ1v) is 6.86. The van der Waals surface area contributed by atoms with E-state index in [-0.39, 0.29) is 17.8 Å². The molecule has 3 nitrogen and oxygen atoms in total. The number of hydrogen-bond donors (Lipinski definition) is 2. The van der Waals surface area contributed by atoms with Gasteiger partial charge in [-0.3, -0.25) is 4.79 Å². The topological polar surface area (TPSA) is 55.1 Å². The van der Waals surface area contributed by atoms with Crippen LogP contribution in [0.1, 0.15) is 41.6 Å². The van der Waals surface area contributed by atoms with Gasteiger partial charge >= 0.3 is 0 Å². The molecular formula is C15H21FN2O. The molecule has 1 aromatic carbocycles. The molecule has 1 amide bonds. The van der Waals surface area contributed by atoms with Crippen molar-refractivity contribution in [3.8, 4) is 0 Å². The summed E-state index contributed by atoms with van der Waals surface area (Å²) in [5, 5.41) is 2.92. The number of halogens is 1. The van der Waals surface area contributed by atoms with Gasteiger partial charge in [-0.05, 0) is 55.9 Å². The van der Waals surface area contributed by atoms with Gasteiger partial charge in [0.1, 0.15) is 5.82 Å². The van der Waals surface area contributed by atoms with Crippen molar-refractivity contribution >= 4 is 5.91 Å². The summed E-state index contributed by atoms with van der Waals surface area (Å²) in [6, 6.07) is 4.70. The van der Waals surface area contributed by atoms with E-state index >= 15 is 0 Å². The summed E-state index contributed by atoms with van der Waals surface area (Å²) >= 11 is 0. The minimum Gasteiger partial charge on any atom is -0.352 e. The van der Waals surface area contributed by atoms with Crippen LogP contribution in [-0.2, 0) is 0 Å². The summed E-state index contributed by atoms with van der Waals surface area (Å²) in [5.41, 5.74) is 6.93. The van der Waals surface area contributed by atoms with Gasteiger partial charge in [-0.1, -0.05) is 6.42 Å². The number of carbonyl (C=O) groups excluding carboxylic acids is 1. The van der Waals surface area contributed by atoms with Crippen LogP contribution < -0.4 is 11.1 Å². The third-order valence-electron chi connectivity index (χ3n) is 3.79. The number of rotatable bonds is 3. The first kappa shape index (κ1) is 14.0. The number of benzene rings is 1. The SMILES string of the molecule is Cc1cc(C(=O)NCC2CCCC(N)C2)ccc1F. The fourth-order valence-electron chi connectivity index (χ4n) is 2.64. The van der Waals surface area contributed by atoms with Gasteiger partial charge in [0.25, 0.3) is 5.91 Å². The predicted molar refractivity (Wildman–Crippen MR) is 73.4 cm³/mol. The maximum atomic E-state index is 13.1. The molecule has 0 aliphatic heterocycles. The summed E-state index contributed by atoms with van der Waals surface area (Å²) in [6.45, 7) is 2.31. The summed E-state index contributed by atoms with van der Waals surface area (Å²) in [4.78, 5) is 12.0. The van der Waals surface area contributed by atoms with Gasteiger partial charge in [0.15, 0.2) is 0 Å². The smallest absolute Gasteiger partial charge is 0.251 e. The van der Waals surface area contributed by atoms with Crippen molar-refractivity contribution < 1.29 is 9.18 Å². The average molecular weight is 264 g/mol. The number of carbonyl (C=O) groups is 1. The first-order chi connectivity index (χ1) is 9.06. The molecule has 3 N–H and O–H groups in total. The molecule has 1 saturated carbocycles. The summed E-state index contributed by atoms with van der Waals surface area (Å²) in [7, 11) is 0. The van der Waals surface area contributed by atoms with E-state index in [1.807, 2.05) is 0 Å². The van der Waals surface area contributed by atoms with Crippen LogP contribution >= 0.6 is 0 Å². The van der Waals surface area contributed by atoms with Crippen molar-refractivity contribution in [2.45, 2.75) is 38.6 Å². The maximum absolute atomic E-state index is 13.1. The van der Waals surface area contributed by atoms with Gasteiger partial charge in [0.05, 0.1) is 0 Å². The van der Waals surface area contributed by atoms with Crippen molar-refractivity contribution in [1.82, 2.24) is 5.32 Å².